The lowest BCUT2D eigenvalue weighted by Gasteiger charge is -2.15. The van der Waals surface area contributed by atoms with E-state index in [1.807, 2.05) is 91.0 Å². The first-order valence-corrected chi connectivity index (χ1v) is 10.9. The van der Waals surface area contributed by atoms with Crippen LogP contribution in [0, 0.1) is 0 Å². The van der Waals surface area contributed by atoms with Gasteiger partial charge in [-0.2, -0.15) is 0 Å². The number of amidine groups is 1. The Kier molecular flexibility index (Phi) is 6.27. The highest BCUT2D eigenvalue weighted by Crippen LogP contribution is 2.34. The molecule has 1 aliphatic rings. The summed E-state index contributed by atoms with van der Waals surface area (Å²) in [5.74, 6) is -0.00594. The van der Waals surface area contributed by atoms with Crippen molar-refractivity contribution in [3.8, 4) is 0 Å². The van der Waals surface area contributed by atoms with E-state index in [0.29, 0.717) is 18.0 Å². The monoisotopic (exact) mass is 462 g/mol. The van der Waals surface area contributed by atoms with Gasteiger partial charge in [-0.1, -0.05) is 88.7 Å². The van der Waals surface area contributed by atoms with Crippen molar-refractivity contribution in [3.63, 3.8) is 0 Å². The third kappa shape index (κ3) is 5.05. The molecule has 0 atom stereocenters. The molecule has 0 N–H and O–H groups in total. The smallest absolute Gasteiger partial charge is 0.267 e. The molecular weight excluding hydrogens is 444 g/mol. The van der Waals surface area contributed by atoms with Crippen molar-refractivity contribution in [2.24, 2.45) is 4.99 Å². The van der Waals surface area contributed by atoms with Crippen molar-refractivity contribution in [2.75, 3.05) is 0 Å². The molecular formula is C24H19BrN2OS. The Bertz CT molecular complexity index is 1050. The Morgan fingerprint density at radius 3 is 2.14 bits per heavy atom. The van der Waals surface area contributed by atoms with E-state index < -0.39 is 0 Å². The first-order chi connectivity index (χ1) is 14.2. The van der Waals surface area contributed by atoms with Gasteiger partial charge >= 0.3 is 0 Å². The van der Waals surface area contributed by atoms with Gasteiger partial charge in [0.2, 0.25) is 0 Å². The van der Waals surface area contributed by atoms with Crippen LogP contribution >= 0.6 is 27.7 Å². The van der Waals surface area contributed by atoms with E-state index in [1.165, 1.54) is 11.8 Å². The Labute approximate surface area is 183 Å². The number of halogens is 1. The summed E-state index contributed by atoms with van der Waals surface area (Å²) in [4.78, 5) is 20.4. The molecule has 29 heavy (non-hydrogen) atoms. The maximum Gasteiger partial charge on any atom is 0.267 e. The summed E-state index contributed by atoms with van der Waals surface area (Å²) in [7, 11) is 0. The molecule has 1 aliphatic heterocycles. The van der Waals surface area contributed by atoms with Gasteiger partial charge in [-0.05, 0) is 46.7 Å². The summed E-state index contributed by atoms with van der Waals surface area (Å²) in [5, 5.41) is 0.742. The SMILES string of the molecule is O=C1/C(=C/c2ccc(Br)cc2)SC(=NCc2ccccc2)N1Cc1ccccc1. The molecule has 0 saturated carbocycles. The van der Waals surface area contributed by atoms with E-state index >= 15 is 0 Å². The molecule has 0 bridgehead atoms. The number of carbonyl (C=O) groups is 1. The van der Waals surface area contributed by atoms with E-state index in [0.717, 1.165) is 26.3 Å². The van der Waals surface area contributed by atoms with Crippen LogP contribution in [0.2, 0.25) is 0 Å². The number of amides is 1. The average Bonchev–Trinajstić information content (AvgIpc) is 3.04. The second kappa shape index (κ2) is 9.25. The Morgan fingerprint density at radius 2 is 1.48 bits per heavy atom. The maximum absolute atomic E-state index is 13.1. The van der Waals surface area contributed by atoms with Crippen molar-refractivity contribution in [1.82, 2.24) is 4.90 Å². The number of nitrogens with zero attached hydrogens (tertiary/aromatic N) is 2. The molecule has 5 heteroatoms. The standard InChI is InChI=1S/C24H19BrN2OS/c25-21-13-11-18(12-14-21)15-22-23(28)27(17-20-9-5-2-6-10-20)24(29-22)26-16-19-7-3-1-4-8-19/h1-15H,16-17H2/b22-15-,26-24?. The van der Waals surface area contributed by atoms with Crippen LogP contribution in [-0.2, 0) is 17.9 Å². The average molecular weight is 463 g/mol. The quantitative estimate of drug-likeness (QED) is 0.427. The van der Waals surface area contributed by atoms with E-state index in [1.54, 1.807) is 4.90 Å². The highest BCUT2D eigenvalue weighted by Gasteiger charge is 2.33. The molecule has 3 aromatic carbocycles. The van der Waals surface area contributed by atoms with E-state index in [2.05, 4.69) is 15.9 Å². The predicted octanol–water partition coefficient (Wildman–Crippen LogP) is 6.12. The third-order valence-corrected chi connectivity index (χ3v) is 6.05. The lowest BCUT2D eigenvalue weighted by atomic mass is 10.2. The van der Waals surface area contributed by atoms with Crippen molar-refractivity contribution < 1.29 is 4.79 Å². The van der Waals surface area contributed by atoms with Gasteiger partial charge in [-0.15, -0.1) is 0 Å². The third-order valence-electron chi connectivity index (χ3n) is 4.48. The van der Waals surface area contributed by atoms with Crippen LogP contribution in [0.3, 0.4) is 0 Å². The number of benzene rings is 3. The number of hydrogen-bond donors (Lipinski definition) is 0. The molecule has 1 amide bonds. The second-order valence-electron chi connectivity index (χ2n) is 6.62. The van der Waals surface area contributed by atoms with Crippen LogP contribution in [0.4, 0.5) is 0 Å². The normalized spacial score (nSPS) is 16.7. The minimum Gasteiger partial charge on any atom is -0.282 e. The van der Waals surface area contributed by atoms with Crippen LogP contribution in [0.1, 0.15) is 16.7 Å². The number of carbonyl (C=O) groups excluding carboxylic acids is 1. The van der Waals surface area contributed by atoms with Crippen LogP contribution in [0.15, 0.2) is 99.3 Å². The van der Waals surface area contributed by atoms with E-state index in [9.17, 15) is 4.79 Å². The van der Waals surface area contributed by atoms with Crippen molar-refractivity contribution in [2.45, 2.75) is 13.1 Å². The molecule has 0 unspecified atom stereocenters. The van der Waals surface area contributed by atoms with Crippen LogP contribution in [-0.4, -0.2) is 16.0 Å². The van der Waals surface area contributed by atoms with Crippen LogP contribution < -0.4 is 0 Å². The van der Waals surface area contributed by atoms with Gasteiger partial charge in [0.05, 0.1) is 18.0 Å². The summed E-state index contributed by atoms with van der Waals surface area (Å²) in [6.07, 6.45) is 1.93. The first-order valence-electron chi connectivity index (χ1n) is 9.28. The number of rotatable bonds is 5. The maximum atomic E-state index is 13.1. The molecule has 0 aliphatic carbocycles. The molecule has 0 radical (unpaired) electrons. The zero-order valence-electron chi connectivity index (χ0n) is 15.7. The van der Waals surface area contributed by atoms with E-state index in [-0.39, 0.29) is 5.91 Å². The van der Waals surface area contributed by atoms with Gasteiger partial charge < -0.3 is 0 Å². The minimum absolute atomic E-state index is 0.00594. The van der Waals surface area contributed by atoms with Crippen molar-refractivity contribution >= 4 is 44.8 Å². The number of aliphatic imine (C=N–C) groups is 1. The van der Waals surface area contributed by atoms with Gasteiger partial charge in [0.15, 0.2) is 5.17 Å². The molecule has 0 aromatic heterocycles. The fourth-order valence-corrected chi connectivity index (χ4v) is 4.22. The second-order valence-corrected chi connectivity index (χ2v) is 8.55. The fourth-order valence-electron chi connectivity index (χ4n) is 2.98. The van der Waals surface area contributed by atoms with Crippen molar-refractivity contribution in [3.05, 3.63) is 111 Å². The summed E-state index contributed by atoms with van der Waals surface area (Å²) in [5.41, 5.74) is 3.20. The van der Waals surface area contributed by atoms with Gasteiger partial charge in [0, 0.05) is 4.47 Å². The van der Waals surface area contributed by atoms with E-state index in [4.69, 9.17) is 4.99 Å². The fraction of sp³-hybridized carbons (Fsp3) is 0.0833. The van der Waals surface area contributed by atoms with Crippen LogP contribution in [0.5, 0.6) is 0 Å². The summed E-state index contributed by atoms with van der Waals surface area (Å²) in [6, 6.07) is 28.0. The highest BCUT2D eigenvalue weighted by atomic mass is 79.9. The topological polar surface area (TPSA) is 32.7 Å². The minimum atomic E-state index is -0.00594. The summed E-state index contributed by atoms with van der Waals surface area (Å²) < 4.78 is 1.01. The molecule has 1 fully saturated rings. The zero-order chi connectivity index (χ0) is 20.1. The van der Waals surface area contributed by atoms with Crippen molar-refractivity contribution in [1.29, 1.82) is 0 Å². The zero-order valence-corrected chi connectivity index (χ0v) is 18.1. The number of hydrogen-bond acceptors (Lipinski definition) is 3. The van der Waals surface area contributed by atoms with Crippen LogP contribution in [0.25, 0.3) is 6.08 Å². The molecule has 0 spiro atoms. The summed E-state index contributed by atoms with van der Waals surface area (Å²) in [6.45, 7) is 1.06. The van der Waals surface area contributed by atoms with Gasteiger partial charge in [0.1, 0.15) is 0 Å². The van der Waals surface area contributed by atoms with Gasteiger partial charge in [0.25, 0.3) is 5.91 Å². The molecule has 3 aromatic rings. The highest BCUT2D eigenvalue weighted by molar-refractivity contribution is 9.10. The Morgan fingerprint density at radius 1 is 0.862 bits per heavy atom. The Balaban J connectivity index is 1.62. The van der Waals surface area contributed by atoms with Gasteiger partial charge in [-0.3, -0.25) is 14.7 Å². The summed E-state index contributed by atoms with van der Waals surface area (Å²) >= 11 is 4.89. The molecule has 1 heterocycles. The molecule has 4 rings (SSSR count). The molecule has 3 nitrogen and oxygen atoms in total. The largest absolute Gasteiger partial charge is 0.282 e. The Hall–Kier alpha value is -2.63. The lowest BCUT2D eigenvalue weighted by molar-refractivity contribution is -0.122. The predicted molar refractivity (Wildman–Crippen MR) is 124 cm³/mol. The molecule has 144 valence electrons. The lowest BCUT2D eigenvalue weighted by Crippen LogP contribution is -2.28. The van der Waals surface area contributed by atoms with Gasteiger partial charge in [-0.25, -0.2) is 0 Å². The first kappa shape index (κ1) is 19.7. The molecule has 1 saturated heterocycles. The number of thioether (sulfide) groups is 1.